The summed E-state index contributed by atoms with van der Waals surface area (Å²) < 4.78 is 0. The Morgan fingerprint density at radius 3 is 1.62 bits per heavy atom. The minimum atomic E-state index is -0.213. The molecule has 34 heavy (non-hydrogen) atoms. The van der Waals surface area contributed by atoms with Crippen LogP contribution in [-0.2, 0) is 0 Å². The van der Waals surface area contributed by atoms with E-state index in [-0.39, 0.29) is 35.5 Å². The number of fused-ring (bicyclic) bond motifs is 6. The summed E-state index contributed by atoms with van der Waals surface area (Å²) in [5, 5.41) is 5.97. The van der Waals surface area contributed by atoms with Gasteiger partial charge in [0.2, 0.25) is 0 Å². The number of nitrogen functional groups attached to an aromatic ring is 2. The number of carbonyl (C=O) groups excluding carboxylic acids is 2. The Morgan fingerprint density at radius 1 is 0.794 bits per heavy atom. The Labute approximate surface area is 191 Å². The third-order valence-corrected chi connectivity index (χ3v) is 6.37. The molecule has 2 atom stereocenters. The number of hydrogen-bond donors (Lipinski definition) is 8. The molecule has 0 saturated heterocycles. The lowest BCUT2D eigenvalue weighted by Gasteiger charge is -2.40. The second-order valence-electron chi connectivity index (χ2n) is 8.32. The maximum Gasteiger partial charge on any atom is 0.267 e. The van der Waals surface area contributed by atoms with Gasteiger partial charge in [0, 0.05) is 37.3 Å². The van der Waals surface area contributed by atoms with Crippen molar-refractivity contribution >= 4 is 45.8 Å². The van der Waals surface area contributed by atoms with Crippen molar-refractivity contribution in [3.8, 4) is 0 Å². The molecule has 0 saturated carbocycles. The van der Waals surface area contributed by atoms with Crippen molar-refractivity contribution in [3.05, 3.63) is 59.2 Å². The molecule has 172 valence electrons. The van der Waals surface area contributed by atoms with Gasteiger partial charge in [0.15, 0.2) is 11.9 Å². The van der Waals surface area contributed by atoms with Crippen LogP contribution >= 0.6 is 0 Å². The molecule has 12 heteroatoms. The second kappa shape index (κ2) is 7.40. The fourth-order valence-electron chi connectivity index (χ4n) is 4.87. The van der Waals surface area contributed by atoms with E-state index in [2.05, 4.69) is 40.5 Å². The van der Waals surface area contributed by atoms with Gasteiger partial charge in [-0.15, -0.1) is 0 Å². The van der Waals surface area contributed by atoms with Gasteiger partial charge in [0.25, 0.3) is 11.8 Å². The topological polar surface area (TPSA) is 199 Å². The highest BCUT2D eigenvalue weighted by Gasteiger charge is 2.43. The Balaban J connectivity index is 1.38. The molecule has 0 unspecified atom stereocenters. The van der Waals surface area contributed by atoms with E-state index in [1.807, 2.05) is 0 Å². The largest absolute Gasteiger partial charge is 0.369 e. The van der Waals surface area contributed by atoms with Crippen LogP contribution in [-0.4, -0.2) is 54.8 Å². The zero-order chi connectivity index (χ0) is 23.4. The summed E-state index contributed by atoms with van der Waals surface area (Å²) in [4.78, 5) is 46.2. The van der Waals surface area contributed by atoms with Crippen LogP contribution in [0.3, 0.4) is 0 Å². The number of carbonyl (C=O) groups is 2. The summed E-state index contributed by atoms with van der Waals surface area (Å²) in [6.07, 6.45) is 3.39. The number of benzene rings is 1. The third-order valence-electron chi connectivity index (χ3n) is 6.37. The van der Waals surface area contributed by atoms with Crippen molar-refractivity contribution in [2.45, 2.75) is 11.8 Å². The van der Waals surface area contributed by atoms with Crippen LogP contribution in [0.5, 0.6) is 0 Å². The van der Waals surface area contributed by atoms with Gasteiger partial charge in [-0.05, 0) is 35.4 Å². The lowest BCUT2D eigenvalue weighted by atomic mass is 9.66. The van der Waals surface area contributed by atoms with E-state index in [1.165, 1.54) is 0 Å². The molecule has 4 heterocycles. The number of hydrogen-bond acceptors (Lipinski definition) is 6. The van der Waals surface area contributed by atoms with Gasteiger partial charge in [-0.25, -0.2) is 9.97 Å². The van der Waals surface area contributed by atoms with Gasteiger partial charge in [-0.3, -0.25) is 9.59 Å². The normalized spacial score (nSPS) is 16.9. The number of rotatable bonds is 6. The van der Waals surface area contributed by atoms with E-state index >= 15 is 0 Å². The first-order chi connectivity index (χ1) is 16.5. The monoisotopic (exact) mass is 458 g/mol. The number of nitrogens with zero attached hydrogens (tertiary/aromatic N) is 2. The van der Waals surface area contributed by atoms with Crippen LogP contribution in [0.2, 0.25) is 0 Å². The van der Waals surface area contributed by atoms with Crippen LogP contribution in [0.15, 0.2) is 36.7 Å². The minimum Gasteiger partial charge on any atom is -0.369 e. The Hall–Kier alpha value is -4.74. The molecule has 6 rings (SSSR count). The first-order valence-electron chi connectivity index (χ1n) is 10.8. The molecule has 0 radical (unpaired) electrons. The molecule has 0 fully saturated rings. The van der Waals surface area contributed by atoms with Gasteiger partial charge in [0.05, 0.1) is 22.1 Å². The smallest absolute Gasteiger partial charge is 0.267 e. The first-order valence-corrected chi connectivity index (χ1v) is 10.8. The number of nitrogens with two attached hydrogens (primary N) is 2. The SMILES string of the molecule is Nc1nc2c3c(c4nc(N)[nH]c4c2[nH]1)[C@H](CNC(=O)c1ccc[nH]1)[C@H]3CNC(=O)c1ccc[nH]1. The van der Waals surface area contributed by atoms with Gasteiger partial charge in [0.1, 0.15) is 11.4 Å². The zero-order valence-electron chi connectivity index (χ0n) is 17.9. The molecule has 5 aromatic rings. The van der Waals surface area contributed by atoms with Gasteiger partial charge < -0.3 is 42.0 Å². The second-order valence-corrected chi connectivity index (χ2v) is 8.32. The number of aromatic nitrogens is 6. The maximum atomic E-state index is 12.6. The maximum absolute atomic E-state index is 12.6. The Morgan fingerprint density at radius 2 is 1.24 bits per heavy atom. The lowest BCUT2D eigenvalue weighted by molar-refractivity contribution is 0.0927. The summed E-state index contributed by atoms with van der Waals surface area (Å²) in [7, 11) is 0. The van der Waals surface area contributed by atoms with Crippen LogP contribution in [0.4, 0.5) is 11.9 Å². The van der Waals surface area contributed by atoms with Crippen molar-refractivity contribution < 1.29 is 9.59 Å². The summed E-state index contributed by atoms with van der Waals surface area (Å²) in [6.45, 7) is 0.697. The standard InChI is InChI=1S/C22H22N10O2/c23-21-29-15-13-9(7-27-19(33)11-3-1-5-25-11)10(8-28-20(34)12-4-2-6-26-12)14(13)16-18(17(15)31-21)32-22(24)30-16/h1-6,9-10,25-26H,7-8H2,(H,27,33)(H,28,34)(H3,23,29,31)(H3,24,30,32)/t9-,10-/m1/s1. The summed E-state index contributed by atoms with van der Waals surface area (Å²) in [5.41, 5.74) is 17.6. The molecule has 1 aromatic carbocycles. The van der Waals surface area contributed by atoms with Gasteiger partial charge in [-0.1, -0.05) is 0 Å². The Kier molecular flexibility index (Phi) is 4.33. The molecule has 0 aliphatic heterocycles. The molecule has 2 amide bonds. The van der Waals surface area contributed by atoms with Gasteiger partial charge in [-0.2, -0.15) is 0 Å². The molecule has 1 aliphatic carbocycles. The molecular weight excluding hydrogens is 436 g/mol. The average molecular weight is 458 g/mol. The number of aromatic amines is 4. The average Bonchev–Trinajstić information content (AvgIpc) is 3.59. The van der Waals surface area contributed by atoms with Crippen molar-refractivity contribution in [2.24, 2.45) is 0 Å². The number of imidazole rings is 2. The van der Waals surface area contributed by atoms with Crippen molar-refractivity contribution in [1.29, 1.82) is 0 Å². The fourth-order valence-corrected chi connectivity index (χ4v) is 4.87. The fraction of sp³-hybridized carbons (Fsp3) is 0.182. The highest BCUT2D eigenvalue weighted by Crippen LogP contribution is 2.52. The van der Waals surface area contributed by atoms with Crippen LogP contribution in [0, 0.1) is 0 Å². The predicted molar refractivity (Wildman–Crippen MR) is 126 cm³/mol. The van der Waals surface area contributed by atoms with E-state index in [1.54, 1.807) is 36.7 Å². The van der Waals surface area contributed by atoms with Crippen molar-refractivity contribution in [3.63, 3.8) is 0 Å². The summed E-state index contributed by atoms with van der Waals surface area (Å²) in [6, 6.07) is 6.95. The number of amides is 2. The van der Waals surface area contributed by atoms with E-state index in [4.69, 9.17) is 11.5 Å². The van der Waals surface area contributed by atoms with Crippen LogP contribution < -0.4 is 22.1 Å². The molecule has 1 aliphatic rings. The minimum absolute atomic E-state index is 0.120. The molecule has 0 spiro atoms. The summed E-state index contributed by atoms with van der Waals surface area (Å²) >= 11 is 0. The quantitative estimate of drug-likeness (QED) is 0.188. The number of nitrogens with one attached hydrogen (secondary N) is 6. The zero-order valence-corrected chi connectivity index (χ0v) is 17.9. The molecule has 4 aromatic heterocycles. The predicted octanol–water partition coefficient (Wildman–Crippen LogP) is 1.30. The van der Waals surface area contributed by atoms with Crippen molar-refractivity contribution in [1.82, 2.24) is 40.5 Å². The van der Waals surface area contributed by atoms with Crippen LogP contribution in [0.1, 0.15) is 43.9 Å². The van der Waals surface area contributed by atoms with Gasteiger partial charge >= 0.3 is 0 Å². The number of H-pyrrole nitrogens is 4. The lowest BCUT2D eigenvalue weighted by Crippen LogP contribution is -2.42. The highest BCUT2D eigenvalue weighted by atomic mass is 16.2. The van der Waals surface area contributed by atoms with Crippen LogP contribution in [0.25, 0.3) is 22.1 Å². The molecule has 12 nitrogen and oxygen atoms in total. The molecule has 10 N–H and O–H groups in total. The molecule has 0 bridgehead atoms. The highest BCUT2D eigenvalue weighted by molar-refractivity contribution is 6.07. The molecular formula is C22H22N10O2. The van der Waals surface area contributed by atoms with E-state index in [0.717, 1.165) is 11.1 Å². The third kappa shape index (κ3) is 2.99. The van der Waals surface area contributed by atoms with Crippen molar-refractivity contribution in [2.75, 3.05) is 24.6 Å². The Bertz CT molecular complexity index is 1410. The van der Waals surface area contributed by atoms with E-state index < -0.39 is 0 Å². The summed E-state index contributed by atoms with van der Waals surface area (Å²) in [5.74, 6) is -0.118. The first kappa shape index (κ1) is 19.9. The van der Waals surface area contributed by atoms with E-state index in [0.29, 0.717) is 46.5 Å². The van der Waals surface area contributed by atoms with E-state index in [9.17, 15) is 9.59 Å². The number of anilines is 2.